The van der Waals surface area contributed by atoms with Gasteiger partial charge in [-0.25, -0.2) is 0 Å². The van der Waals surface area contributed by atoms with Gasteiger partial charge in [-0.05, 0) is 11.5 Å². The second kappa shape index (κ2) is 4.66. The van der Waals surface area contributed by atoms with Crippen LogP contribution in [0.4, 0.5) is 5.95 Å². The monoisotopic (exact) mass is 279 g/mol. The molecule has 0 radical (unpaired) electrons. The summed E-state index contributed by atoms with van der Waals surface area (Å²) in [5.41, 5.74) is 1.01. The highest BCUT2D eigenvalue weighted by molar-refractivity contribution is 7.09. The van der Waals surface area contributed by atoms with Crippen molar-refractivity contribution in [2.75, 3.05) is 11.4 Å². The first-order valence-electron chi connectivity index (χ1n) is 5.57. The quantitative estimate of drug-likeness (QED) is 0.794. The van der Waals surface area contributed by atoms with E-state index in [4.69, 9.17) is 11.6 Å². The third kappa shape index (κ3) is 2.11. The van der Waals surface area contributed by atoms with E-state index < -0.39 is 0 Å². The Kier molecular flexibility index (Phi) is 3.01. The lowest BCUT2D eigenvalue weighted by atomic mass is 10.2. The predicted octanol–water partition coefficient (Wildman–Crippen LogP) is 2.55. The van der Waals surface area contributed by atoms with Crippen LogP contribution < -0.4 is 4.90 Å². The molecule has 1 saturated heterocycles. The van der Waals surface area contributed by atoms with E-state index in [0.29, 0.717) is 18.9 Å². The number of carbonyl (C=O) groups excluding carboxylic acids is 1. The van der Waals surface area contributed by atoms with Crippen molar-refractivity contribution in [3.63, 3.8) is 0 Å². The van der Waals surface area contributed by atoms with E-state index in [1.54, 1.807) is 4.90 Å². The van der Waals surface area contributed by atoms with Gasteiger partial charge in [0, 0.05) is 18.5 Å². The molecular weight excluding hydrogens is 270 g/mol. The van der Waals surface area contributed by atoms with Crippen molar-refractivity contribution < 1.29 is 4.79 Å². The molecule has 4 nitrogen and oxygen atoms in total. The minimum absolute atomic E-state index is 0.00703. The standard InChI is InChI=1S/C12H10ClN3OS/c13-9-6-10(17)16(7-9)12-14-11(18-15-12)8-4-2-1-3-5-8/h1-5,9H,6-7H2. The minimum Gasteiger partial charge on any atom is -0.278 e. The number of nitrogens with zero attached hydrogens (tertiary/aromatic N) is 3. The fraction of sp³-hybridized carbons (Fsp3) is 0.250. The third-order valence-electron chi connectivity index (χ3n) is 2.76. The largest absolute Gasteiger partial charge is 0.278 e. The smallest absolute Gasteiger partial charge is 0.244 e. The molecule has 1 aliphatic heterocycles. The molecule has 18 heavy (non-hydrogen) atoms. The number of anilines is 1. The van der Waals surface area contributed by atoms with E-state index in [-0.39, 0.29) is 11.3 Å². The Balaban J connectivity index is 1.88. The lowest BCUT2D eigenvalue weighted by molar-refractivity contribution is -0.117. The zero-order chi connectivity index (χ0) is 12.5. The van der Waals surface area contributed by atoms with Crippen molar-refractivity contribution in [1.29, 1.82) is 0 Å². The molecule has 0 saturated carbocycles. The van der Waals surface area contributed by atoms with Crippen molar-refractivity contribution in [2.45, 2.75) is 11.8 Å². The molecule has 1 atom stereocenters. The lowest BCUT2D eigenvalue weighted by Crippen LogP contribution is -2.25. The molecule has 92 valence electrons. The van der Waals surface area contributed by atoms with Gasteiger partial charge in [-0.3, -0.25) is 9.69 Å². The van der Waals surface area contributed by atoms with Crippen LogP contribution in [0.5, 0.6) is 0 Å². The van der Waals surface area contributed by atoms with Crippen LogP contribution in [0.2, 0.25) is 0 Å². The highest BCUT2D eigenvalue weighted by Gasteiger charge is 2.31. The molecule has 1 amide bonds. The number of alkyl halides is 1. The summed E-state index contributed by atoms with van der Waals surface area (Å²) in [7, 11) is 0. The van der Waals surface area contributed by atoms with Crippen molar-refractivity contribution in [2.24, 2.45) is 0 Å². The molecule has 0 spiro atoms. The molecule has 0 bridgehead atoms. The van der Waals surface area contributed by atoms with Gasteiger partial charge in [0.25, 0.3) is 0 Å². The number of carbonyl (C=O) groups is 1. The lowest BCUT2D eigenvalue weighted by Gasteiger charge is -2.09. The van der Waals surface area contributed by atoms with Crippen LogP contribution in [-0.4, -0.2) is 27.2 Å². The first-order valence-corrected chi connectivity index (χ1v) is 6.78. The highest BCUT2D eigenvalue weighted by Crippen LogP contribution is 2.27. The molecule has 1 aromatic carbocycles. The Hall–Kier alpha value is -1.46. The Bertz CT molecular complexity index is 572. The van der Waals surface area contributed by atoms with Crippen molar-refractivity contribution in [1.82, 2.24) is 9.36 Å². The maximum atomic E-state index is 11.7. The third-order valence-corrected chi connectivity index (χ3v) is 3.80. The number of halogens is 1. The summed E-state index contributed by atoms with van der Waals surface area (Å²) in [6, 6.07) is 9.80. The van der Waals surface area contributed by atoms with Crippen LogP contribution in [0.15, 0.2) is 30.3 Å². The van der Waals surface area contributed by atoms with Crippen LogP contribution in [0.25, 0.3) is 10.6 Å². The first kappa shape index (κ1) is 11.6. The van der Waals surface area contributed by atoms with E-state index in [0.717, 1.165) is 10.6 Å². The molecule has 2 aromatic rings. The molecule has 0 aliphatic carbocycles. The summed E-state index contributed by atoms with van der Waals surface area (Å²) in [4.78, 5) is 17.7. The Labute approximate surface area is 113 Å². The summed E-state index contributed by atoms with van der Waals surface area (Å²) in [5.74, 6) is 0.458. The fourth-order valence-electron chi connectivity index (χ4n) is 1.88. The number of hydrogen-bond acceptors (Lipinski definition) is 4. The maximum Gasteiger partial charge on any atom is 0.244 e. The van der Waals surface area contributed by atoms with E-state index >= 15 is 0 Å². The van der Waals surface area contributed by atoms with E-state index in [1.165, 1.54) is 11.5 Å². The number of aromatic nitrogens is 2. The summed E-state index contributed by atoms with van der Waals surface area (Å²) in [5, 5.41) is 0.678. The predicted molar refractivity (Wildman–Crippen MR) is 72.0 cm³/mol. The number of amides is 1. The molecule has 1 unspecified atom stereocenters. The number of hydrogen-bond donors (Lipinski definition) is 0. The maximum absolute atomic E-state index is 11.7. The van der Waals surface area contributed by atoms with Gasteiger partial charge in [-0.2, -0.15) is 9.36 Å². The molecule has 2 heterocycles. The normalized spacial score (nSPS) is 19.5. The highest BCUT2D eigenvalue weighted by atomic mass is 35.5. The summed E-state index contributed by atoms with van der Waals surface area (Å²) >= 11 is 7.26. The van der Waals surface area contributed by atoms with Gasteiger partial charge in [0.05, 0.1) is 5.38 Å². The first-order chi connectivity index (χ1) is 8.74. The molecule has 1 aromatic heterocycles. The summed E-state index contributed by atoms with van der Waals surface area (Å²) < 4.78 is 4.24. The van der Waals surface area contributed by atoms with Crippen molar-refractivity contribution >= 4 is 35.0 Å². The van der Waals surface area contributed by atoms with E-state index in [9.17, 15) is 4.79 Å². The van der Waals surface area contributed by atoms with E-state index in [1.807, 2.05) is 30.3 Å². The van der Waals surface area contributed by atoms with Crippen molar-refractivity contribution in [3.8, 4) is 10.6 Å². The molecule has 3 rings (SSSR count). The van der Waals surface area contributed by atoms with Gasteiger partial charge in [0.1, 0.15) is 5.01 Å². The zero-order valence-corrected chi connectivity index (χ0v) is 11.0. The van der Waals surface area contributed by atoms with E-state index in [2.05, 4.69) is 9.36 Å². The average molecular weight is 280 g/mol. The van der Waals surface area contributed by atoms with Gasteiger partial charge in [-0.1, -0.05) is 30.3 Å². The SMILES string of the molecule is O=C1CC(Cl)CN1c1nsc(-c2ccccc2)n1. The van der Waals surface area contributed by atoms with Crippen LogP contribution in [0.3, 0.4) is 0 Å². The fourth-order valence-corrected chi connectivity index (χ4v) is 2.82. The topological polar surface area (TPSA) is 46.1 Å². The molecule has 0 N–H and O–H groups in total. The summed E-state index contributed by atoms with van der Waals surface area (Å²) in [6.45, 7) is 0.491. The van der Waals surface area contributed by atoms with Gasteiger partial charge in [-0.15, -0.1) is 11.6 Å². The zero-order valence-electron chi connectivity index (χ0n) is 9.41. The Morgan fingerprint density at radius 3 is 2.78 bits per heavy atom. The van der Waals surface area contributed by atoms with Gasteiger partial charge in [0.15, 0.2) is 0 Å². The number of benzene rings is 1. The van der Waals surface area contributed by atoms with Gasteiger partial charge in [0.2, 0.25) is 11.9 Å². The van der Waals surface area contributed by atoms with Crippen LogP contribution in [0, 0.1) is 0 Å². The van der Waals surface area contributed by atoms with Crippen LogP contribution in [0.1, 0.15) is 6.42 Å². The van der Waals surface area contributed by atoms with Gasteiger partial charge >= 0.3 is 0 Å². The molecule has 1 fully saturated rings. The van der Waals surface area contributed by atoms with Crippen LogP contribution >= 0.6 is 23.1 Å². The molecule has 1 aliphatic rings. The second-order valence-corrected chi connectivity index (χ2v) is 5.44. The average Bonchev–Trinajstić information content (AvgIpc) is 2.97. The molecule has 6 heteroatoms. The summed E-state index contributed by atoms with van der Waals surface area (Å²) in [6.07, 6.45) is 0.363. The minimum atomic E-state index is -0.138. The van der Waals surface area contributed by atoms with Crippen LogP contribution in [-0.2, 0) is 4.79 Å². The Morgan fingerprint density at radius 1 is 1.33 bits per heavy atom. The molecular formula is C12H10ClN3OS. The van der Waals surface area contributed by atoms with Gasteiger partial charge < -0.3 is 0 Å². The number of rotatable bonds is 2. The van der Waals surface area contributed by atoms with Crippen molar-refractivity contribution in [3.05, 3.63) is 30.3 Å². The Morgan fingerprint density at radius 2 is 2.11 bits per heavy atom. The second-order valence-electron chi connectivity index (χ2n) is 4.07.